The Morgan fingerprint density at radius 3 is 2.68 bits per heavy atom. The van der Waals surface area contributed by atoms with E-state index in [9.17, 15) is 4.79 Å². The maximum Gasteiger partial charge on any atom is 0.236 e. The first-order valence-electron chi connectivity index (χ1n) is 6.88. The fourth-order valence-corrected chi connectivity index (χ4v) is 2.66. The molecule has 0 aliphatic carbocycles. The summed E-state index contributed by atoms with van der Waals surface area (Å²) in [5.74, 6) is 0.187. The number of nitrogens with zero attached hydrogens (tertiary/aromatic N) is 2. The highest BCUT2D eigenvalue weighted by molar-refractivity contribution is 5.79. The Bertz CT molecular complexity index is 421. The number of carbonyl (C=O) groups is 1. The van der Waals surface area contributed by atoms with E-state index in [0.717, 1.165) is 13.0 Å². The highest BCUT2D eigenvalue weighted by atomic mass is 16.2. The molecule has 0 saturated carbocycles. The Hall–Kier alpha value is -1.39. The maximum atomic E-state index is 12.1. The number of hydrogen-bond donors (Lipinski definition) is 1. The van der Waals surface area contributed by atoms with E-state index in [-0.39, 0.29) is 18.0 Å². The third-order valence-electron chi connectivity index (χ3n) is 4.05. The zero-order valence-corrected chi connectivity index (χ0v) is 11.7. The third kappa shape index (κ3) is 3.14. The number of carbonyl (C=O) groups excluding carboxylic acids is 1. The SMILES string of the molecule is CC(c1ccccc1)N1CC(=O)N(C)C(CCN)C1. The van der Waals surface area contributed by atoms with Crippen LogP contribution in [0.5, 0.6) is 0 Å². The van der Waals surface area contributed by atoms with E-state index in [4.69, 9.17) is 5.73 Å². The van der Waals surface area contributed by atoms with Crippen LogP contribution in [0.25, 0.3) is 0 Å². The Labute approximate surface area is 115 Å². The molecular weight excluding hydrogens is 238 g/mol. The van der Waals surface area contributed by atoms with Gasteiger partial charge in [0, 0.05) is 25.7 Å². The maximum absolute atomic E-state index is 12.1. The minimum Gasteiger partial charge on any atom is -0.340 e. The topological polar surface area (TPSA) is 49.6 Å². The number of amides is 1. The molecule has 1 aromatic carbocycles. The van der Waals surface area contributed by atoms with Crippen LogP contribution in [0.3, 0.4) is 0 Å². The molecule has 104 valence electrons. The van der Waals surface area contributed by atoms with E-state index in [1.54, 1.807) is 0 Å². The molecule has 0 spiro atoms. The van der Waals surface area contributed by atoms with E-state index in [1.807, 2.05) is 30.1 Å². The zero-order chi connectivity index (χ0) is 13.8. The average molecular weight is 261 g/mol. The van der Waals surface area contributed by atoms with Gasteiger partial charge in [-0.1, -0.05) is 30.3 Å². The van der Waals surface area contributed by atoms with Crippen LogP contribution in [0.4, 0.5) is 0 Å². The molecular formula is C15H23N3O. The molecule has 1 heterocycles. The van der Waals surface area contributed by atoms with Crippen LogP contribution >= 0.6 is 0 Å². The quantitative estimate of drug-likeness (QED) is 0.887. The smallest absolute Gasteiger partial charge is 0.236 e. The van der Waals surface area contributed by atoms with Gasteiger partial charge < -0.3 is 10.6 Å². The van der Waals surface area contributed by atoms with E-state index in [1.165, 1.54) is 5.56 Å². The van der Waals surface area contributed by atoms with Crippen molar-refractivity contribution in [3.63, 3.8) is 0 Å². The fourth-order valence-electron chi connectivity index (χ4n) is 2.66. The van der Waals surface area contributed by atoms with Gasteiger partial charge in [-0.25, -0.2) is 0 Å². The number of rotatable bonds is 4. The standard InChI is InChI=1S/C15H23N3O/c1-12(13-6-4-3-5-7-13)18-10-14(8-9-16)17(2)15(19)11-18/h3-7,12,14H,8-11,16H2,1-2H3. The molecule has 0 radical (unpaired) electrons. The summed E-state index contributed by atoms with van der Waals surface area (Å²) >= 11 is 0. The minimum atomic E-state index is 0.187. The molecule has 1 aliphatic heterocycles. The molecule has 1 saturated heterocycles. The summed E-state index contributed by atoms with van der Waals surface area (Å²) in [7, 11) is 1.88. The monoisotopic (exact) mass is 261 g/mol. The molecule has 0 bridgehead atoms. The molecule has 0 aromatic heterocycles. The van der Waals surface area contributed by atoms with Gasteiger partial charge in [-0.15, -0.1) is 0 Å². The van der Waals surface area contributed by atoms with Crippen molar-refractivity contribution < 1.29 is 4.79 Å². The summed E-state index contributed by atoms with van der Waals surface area (Å²) in [5, 5.41) is 0. The van der Waals surface area contributed by atoms with Gasteiger partial charge >= 0.3 is 0 Å². The van der Waals surface area contributed by atoms with Crippen LogP contribution in [-0.4, -0.2) is 48.4 Å². The van der Waals surface area contributed by atoms with Crippen molar-refractivity contribution in [1.82, 2.24) is 9.80 Å². The summed E-state index contributed by atoms with van der Waals surface area (Å²) in [6, 6.07) is 10.8. The molecule has 2 rings (SSSR count). The molecule has 1 aliphatic rings. The highest BCUT2D eigenvalue weighted by Crippen LogP contribution is 2.24. The number of piperazine rings is 1. The van der Waals surface area contributed by atoms with Crippen molar-refractivity contribution in [3.05, 3.63) is 35.9 Å². The first-order chi connectivity index (χ1) is 9.13. The number of likely N-dealkylation sites (N-methyl/N-ethyl adjacent to an activating group) is 1. The van der Waals surface area contributed by atoms with E-state index in [0.29, 0.717) is 13.1 Å². The molecule has 2 atom stereocenters. The van der Waals surface area contributed by atoms with Gasteiger partial charge in [0.2, 0.25) is 5.91 Å². The second kappa shape index (κ2) is 6.17. The van der Waals surface area contributed by atoms with Gasteiger partial charge in [0.15, 0.2) is 0 Å². The first kappa shape index (κ1) is 14.0. The second-order valence-electron chi connectivity index (χ2n) is 5.25. The van der Waals surface area contributed by atoms with Crippen LogP contribution in [-0.2, 0) is 4.79 Å². The molecule has 4 nitrogen and oxygen atoms in total. The fraction of sp³-hybridized carbons (Fsp3) is 0.533. The van der Waals surface area contributed by atoms with Gasteiger partial charge in [0.1, 0.15) is 0 Å². The average Bonchev–Trinajstić information content (AvgIpc) is 2.44. The zero-order valence-electron chi connectivity index (χ0n) is 11.7. The largest absolute Gasteiger partial charge is 0.340 e. The lowest BCUT2D eigenvalue weighted by Gasteiger charge is -2.41. The Kier molecular flexibility index (Phi) is 4.56. The minimum absolute atomic E-state index is 0.187. The van der Waals surface area contributed by atoms with Crippen molar-refractivity contribution in [2.24, 2.45) is 5.73 Å². The highest BCUT2D eigenvalue weighted by Gasteiger charge is 2.31. The molecule has 4 heteroatoms. The van der Waals surface area contributed by atoms with E-state index in [2.05, 4.69) is 24.0 Å². The normalized spacial score (nSPS) is 22.6. The van der Waals surface area contributed by atoms with Gasteiger partial charge in [0.25, 0.3) is 0 Å². The lowest BCUT2D eigenvalue weighted by atomic mass is 10.0. The predicted octanol–water partition coefficient (Wildman–Crippen LogP) is 1.24. The second-order valence-corrected chi connectivity index (χ2v) is 5.25. The van der Waals surface area contributed by atoms with E-state index >= 15 is 0 Å². The van der Waals surface area contributed by atoms with Gasteiger partial charge in [-0.05, 0) is 25.5 Å². The Morgan fingerprint density at radius 1 is 1.37 bits per heavy atom. The van der Waals surface area contributed by atoms with Crippen molar-refractivity contribution >= 4 is 5.91 Å². The summed E-state index contributed by atoms with van der Waals surface area (Å²) in [5.41, 5.74) is 6.90. The number of hydrogen-bond acceptors (Lipinski definition) is 3. The van der Waals surface area contributed by atoms with Crippen molar-refractivity contribution in [3.8, 4) is 0 Å². The predicted molar refractivity (Wildman–Crippen MR) is 76.7 cm³/mol. The van der Waals surface area contributed by atoms with Crippen molar-refractivity contribution in [1.29, 1.82) is 0 Å². The van der Waals surface area contributed by atoms with Crippen LogP contribution in [0.2, 0.25) is 0 Å². The lowest BCUT2D eigenvalue weighted by Crippen LogP contribution is -2.55. The molecule has 1 fully saturated rings. The van der Waals surface area contributed by atoms with Crippen molar-refractivity contribution in [2.45, 2.75) is 25.4 Å². The van der Waals surface area contributed by atoms with Crippen LogP contribution < -0.4 is 5.73 Å². The van der Waals surface area contributed by atoms with Crippen LogP contribution in [0, 0.1) is 0 Å². The summed E-state index contributed by atoms with van der Waals surface area (Å²) in [6.07, 6.45) is 0.861. The number of nitrogens with two attached hydrogens (primary N) is 1. The van der Waals surface area contributed by atoms with Crippen LogP contribution in [0.1, 0.15) is 24.9 Å². The summed E-state index contributed by atoms with van der Waals surface area (Å²) in [6.45, 7) is 4.17. The van der Waals surface area contributed by atoms with Gasteiger partial charge in [-0.2, -0.15) is 0 Å². The van der Waals surface area contributed by atoms with Gasteiger partial charge in [-0.3, -0.25) is 9.69 Å². The molecule has 19 heavy (non-hydrogen) atoms. The summed E-state index contributed by atoms with van der Waals surface area (Å²) in [4.78, 5) is 16.2. The van der Waals surface area contributed by atoms with E-state index < -0.39 is 0 Å². The Balaban J connectivity index is 2.10. The summed E-state index contributed by atoms with van der Waals surface area (Å²) < 4.78 is 0. The van der Waals surface area contributed by atoms with Gasteiger partial charge in [0.05, 0.1) is 6.54 Å². The lowest BCUT2D eigenvalue weighted by molar-refractivity contribution is -0.139. The number of benzene rings is 1. The molecule has 2 N–H and O–H groups in total. The third-order valence-corrected chi connectivity index (χ3v) is 4.05. The first-order valence-corrected chi connectivity index (χ1v) is 6.88. The van der Waals surface area contributed by atoms with Crippen LogP contribution in [0.15, 0.2) is 30.3 Å². The molecule has 2 unspecified atom stereocenters. The van der Waals surface area contributed by atoms with Crippen molar-refractivity contribution in [2.75, 3.05) is 26.7 Å². The molecule has 1 amide bonds. The Morgan fingerprint density at radius 2 is 2.05 bits per heavy atom. The molecule has 1 aromatic rings.